The van der Waals surface area contributed by atoms with Crippen LogP contribution in [0.1, 0.15) is 11.3 Å². The molecule has 0 saturated heterocycles. The van der Waals surface area contributed by atoms with Crippen LogP contribution in [-0.2, 0) is 13.6 Å². The maximum absolute atomic E-state index is 4.43. The van der Waals surface area contributed by atoms with Crippen molar-refractivity contribution in [3.05, 3.63) is 35.7 Å². The van der Waals surface area contributed by atoms with Crippen LogP contribution in [-0.4, -0.2) is 37.7 Å². The van der Waals surface area contributed by atoms with Gasteiger partial charge in [-0.05, 0) is 30.7 Å². The van der Waals surface area contributed by atoms with Crippen LogP contribution in [0.5, 0.6) is 0 Å². The summed E-state index contributed by atoms with van der Waals surface area (Å²) >= 11 is 0. The predicted octanol–water partition coefficient (Wildman–Crippen LogP) is 2.47. The van der Waals surface area contributed by atoms with Crippen LogP contribution >= 0.6 is 0 Å². The van der Waals surface area contributed by atoms with Crippen molar-refractivity contribution in [2.45, 2.75) is 13.5 Å². The molecule has 1 aromatic heterocycles. The Morgan fingerprint density at radius 1 is 1.14 bits per heavy atom. The van der Waals surface area contributed by atoms with Gasteiger partial charge in [-0.15, -0.1) is 0 Å². The summed E-state index contributed by atoms with van der Waals surface area (Å²) in [5.41, 5.74) is 4.78. The lowest BCUT2D eigenvalue weighted by Gasteiger charge is -2.16. The quantitative estimate of drug-likeness (QED) is 0.916. The minimum absolute atomic E-state index is 0.763. The van der Waals surface area contributed by atoms with Crippen LogP contribution in [0.25, 0.3) is 0 Å². The average Bonchev–Trinajstić information content (AvgIpc) is 2.78. The van der Waals surface area contributed by atoms with Crippen molar-refractivity contribution in [2.24, 2.45) is 7.05 Å². The highest BCUT2D eigenvalue weighted by Gasteiger charge is 2.08. The van der Waals surface area contributed by atoms with E-state index in [1.165, 1.54) is 11.3 Å². The van der Waals surface area contributed by atoms with E-state index in [2.05, 4.69) is 59.0 Å². The van der Waals surface area contributed by atoms with E-state index in [1.807, 2.05) is 32.2 Å². The number of aryl methyl sites for hydroxylation is 1. The number of hydrogen-bond donors (Lipinski definition) is 1. The van der Waals surface area contributed by atoms with Crippen LogP contribution < -0.4 is 15.1 Å². The molecule has 0 fully saturated rings. The predicted molar refractivity (Wildman–Crippen MR) is 90.4 cm³/mol. The monoisotopic (exact) mass is 287 g/mol. The van der Waals surface area contributed by atoms with Crippen LogP contribution in [0, 0.1) is 6.92 Å². The van der Waals surface area contributed by atoms with Gasteiger partial charge >= 0.3 is 0 Å². The van der Waals surface area contributed by atoms with Gasteiger partial charge in [-0.3, -0.25) is 0 Å². The molecule has 5 heteroatoms. The van der Waals surface area contributed by atoms with Gasteiger partial charge in [-0.25, -0.2) is 4.98 Å². The van der Waals surface area contributed by atoms with E-state index in [1.54, 1.807) is 0 Å². The molecule has 0 spiro atoms. The molecule has 0 amide bonds. The molecule has 5 nitrogen and oxygen atoms in total. The molecule has 1 aromatic carbocycles. The van der Waals surface area contributed by atoms with Gasteiger partial charge in [0.1, 0.15) is 0 Å². The Bertz CT molecular complexity index is 613. The minimum atomic E-state index is 0.763. The van der Waals surface area contributed by atoms with Crippen LogP contribution in [0.4, 0.5) is 17.3 Å². The van der Waals surface area contributed by atoms with E-state index in [4.69, 9.17) is 0 Å². The highest BCUT2D eigenvalue weighted by atomic mass is 15.3. The summed E-state index contributed by atoms with van der Waals surface area (Å²) in [6.45, 7) is 2.89. The van der Waals surface area contributed by atoms with E-state index in [-0.39, 0.29) is 0 Å². The van der Waals surface area contributed by atoms with Crippen molar-refractivity contribution in [3.63, 3.8) is 0 Å². The zero-order valence-corrected chi connectivity index (χ0v) is 13.8. The standard InChI is InChI=1S/C16H25N5/c1-12-9-13(19(2)3)7-8-15(12)17-10-14-11-18-16(20(4)5)21(14)6/h7-9,11,17H,10H2,1-6H3. The van der Waals surface area contributed by atoms with E-state index >= 15 is 0 Å². The van der Waals surface area contributed by atoms with E-state index in [9.17, 15) is 0 Å². The third kappa shape index (κ3) is 3.29. The molecule has 1 N–H and O–H groups in total. The summed E-state index contributed by atoms with van der Waals surface area (Å²) in [5, 5.41) is 3.49. The van der Waals surface area contributed by atoms with Gasteiger partial charge in [-0.2, -0.15) is 0 Å². The second kappa shape index (κ2) is 6.08. The third-order valence-electron chi connectivity index (χ3n) is 3.65. The molecule has 114 valence electrons. The smallest absolute Gasteiger partial charge is 0.204 e. The van der Waals surface area contributed by atoms with Crippen LogP contribution in [0.3, 0.4) is 0 Å². The Morgan fingerprint density at radius 3 is 2.38 bits per heavy atom. The lowest BCUT2D eigenvalue weighted by molar-refractivity contribution is 0.813. The molecule has 0 radical (unpaired) electrons. The van der Waals surface area contributed by atoms with Gasteiger partial charge in [0.15, 0.2) is 0 Å². The molecule has 0 aliphatic carbocycles. The normalized spacial score (nSPS) is 10.6. The Morgan fingerprint density at radius 2 is 1.86 bits per heavy atom. The SMILES string of the molecule is Cc1cc(N(C)C)ccc1NCc1cnc(N(C)C)n1C. The van der Waals surface area contributed by atoms with Crippen molar-refractivity contribution in [3.8, 4) is 0 Å². The maximum Gasteiger partial charge on any atom is 0.204 e. The van der Waals surface area contributed by atoms with Crippen molar-refractivity contribution < 1.29 is 0 Å². The highest BCUT2D eigenvalue weighted by Crippen LogP contribution is 2.22. The number of hydrogen-bond acceptors (Lipinski definition) is 4. The summed E-state index contributed by atoms with van der Waals surface area (Å²) in [6, 6.07) is 6.45. The molecule has 0 aliphatic heterocycles. The van der Waals surface area contributed by atoms with Gasteiger partial charge in [-0.1, -0.05) is 0 Å². The number of benzene rings is 1. The first-order valence-corrected chi connectivity index (χ1v) is 7.10. The molecule has 0 unspecified atom stereocenters. The largest absolute Gasteiger partial charge is 0.379 e. The molecule has 2 aromatic rings. The molecule has 21 heavy (non-hydrogen) atoms. The summed E-state index contributed by atoms with van der Waals surface area (Å²) < 4.78 is 2.11. The van der Waals surface area contributed by atoms with Crippen LogP contribution in [0.15, 0.2) is 24.4 Å². The molecule has 0 aliphatic rings. The molecular weight excluding hydrogens is 262 g/mol. The van der Waals surface area contributed by atoms with E-state index in [0.29, 0.717) is 0 Å². The van der Waals surface area contributed by atoms with Crippen molar-refractivity contribution >= 4 is 17.3 Å². The number of rotatable bonds is 5. The number of aromatic nitrogens is 2. The Hall–Kier alpha value is -2.17. The third-order valence-corrected chi connectivity index (χ3v) is 3.65. The second-order valence-corrected chi connectivity index (χ2v) is 5.75. The summed E-state index contributed by atoms with van der Waals surface area (Å²) in [4.78, 5) is 8.56. The fourth-order valence-corrected chi connectivity index (χ4v) is 2.32. The lowest BCUT2D eigenvalue weighted by atomic mass is 10.1. The number of anilines is 3. The fourth-order valence-electron chi connectivity index (χ4n) is 2.32. The molecular formula is C16H25N5. The van der Waals surface area contributed by atoms with Gasteiger partial charge < -0.3 is 19.7 Å². The zero-order valence-electron chi connectivity index (χ0n) is 13.8. The molecule has 0 bridgehead atoms. The summed E-state index contributed by atoms with van der Waals surface area (Å²) in [5.74, 6) is 0.964. The van der Waals surface area contributed by atoms with Gasteiger partial charge in [0, 0.05) is 46.6 Å². The number of imidazole rings is 1. The maximum atomic E-state index is 4.43. The second-order valence-electron chi connectivity index (χ2n) is 5.75. The van der Waals surface area contributed by atoms with Crippen molar-refractivity contribution in [1.29, 1.82) is 0 Å². The molecule has 0 saturated carbocycles. The van der Waals surface area contributed by atoms with Gasteiger partial charge in [0.05, 0.1) is 18.4 Å². The zero-order chi connectivity index (χ0) is 15.6. The summed E-state index contributed by atoms with van der Waals surface area (Å²) in [6.07, 6.45) is 1.92. The highest BCUT2D eigenvalue weighted by molar-refractivity contribution is 5.59. The lowest BCUT2D eigenvalue weighted by Crippen LogP contribution is -2.15. The Labute approximate surface area is 127 Å². The Kier molecular flexibility index (Phi) is 4.40. The number of nitrogens with zero attached hydrogens (tertiary/aromatic N) is 4. The molecule has 1 heterocycles. The van der Waals surface area contributed by atoms with E-state index in [0.717, 1.165) is 23.9 Å². The molecule has 2 rings (SSSR count). The topological polar surface area (TPSA) is 36.3 Å². The average molecular weight is 287 g/mol. The number of nitrogens with one attached hydrogen (secondary N) is 1. The molecule has 0 atom stereocenters. The van der Waals surface area contributed by atoms with Crippen LogP contribution in [0.2, 0.25) is 0 Å². The van der Waals surface area contributed by atoms with Crippen molar-refractivity contribution in [1.82, 2.24) is 9.55 Å². The van der Waals surface area contributed by atoms with E-state index < -0.39 is 0 Å². The Balaban J connectivity index is 2.10. The first-order valence-electron chi connectivity index (χ1n) is 7.10. The fraction of sp³-hybridized carbons (Fsp3) is 0.438. The first kappa shape index (κ1) is 15.2. The van der Waals surface area contributed by atoms with Crippen molar-refractivity contribution in [2.75, 3.05) is 43.3 Å². The minimum Gasteiger partial charge on any atom is -0.379 e. The van der Waals surface area contributed by atoms with Gasteiger partial charge in [0.2, 0.25) is 5.95 Å². The summed E-state index contributed by atoms with van der Waals surface area (Å²) in [7, 11) is 10.2. The van der Waals surface area contributed by atoms with Gasteiger partial charge in [0.25, 0.3) is 0 Å². The first-order chi connectivity index (χ1) is 9.90.